The fourth-order valence-corrected chi connectivity index (χ4v) is 3.52. The zero-order valence-corrected chi connectivity index (χ0v) is 16.5. The van der Waals surface area contributed by atoms with E-state index >= 15 is 0 Å². The highest BCUT2D eigenvalue weighted by Crippen LogP contribution is 2.24. The van der Waals surface area contributed by atoms with Gasteiger partial charge in [-0.2, -0.15) is 4.98 Å². The van der Waals surface area contributed by atoms with E-state index in [1.807, 2.05) is 66.9 Å². The third-order valence-corrected chi connectivity index (χ3v) is 5.16. The molecule has 29 heavy (non-hydrogen) atoms. The number of nitrogens with one attached hydrogen (secondary N) is 1. The second-order valence-corrected chi connectivity index (χ2v) is 7.08. The minimum atomic E-state index is -0.148. The van der Waals surface area contributed by atoms with Crippen LogP contribution < -0.4 is 5.32 Å². The Hall–Kier alpha value is -3.45. The van der Waals surface area contributed by atoms with E-state index in [1.54, 1.807) is 24.2 Å². The highest BCUT2D eigenvalue weighted by Gasteiger charge is 2.15. The van der Waals surface area contributed by atoms with Crippen LogP contribution in [0.1, 0.15) is 21.8 Å². The van der Waals surface area contributed by atoms with Gasteiger partial charge in [-0.1, -0.05) is 35.5 Å². The largest absolute Gasteiger partial charge is 0.339 e. The number of thioether (sulfide) groups is 1. The molecule has 2 aromatic heterocycles. The molecule has 1 amide bonds. The predicted octanol–water partition coefficient (Wildman–Crippen LogP) is 4.70. The van der Waals surface area contributed by atoms with Crippen molar-refractivity contribution in [3.8, 4) is 11.4 Å². The zero-order valence-electron chi connectivity index (χ0n) is 15.7. The molecule has 0 atom stereocenters. The SMILES string of the molecule is CSc1ccccc1C(=O)Nc1ccccc1Cc1nc(-c2ccncc2)no1. The molecule has 0 aliphatic carbocycles. The number of anilines is 1. The molecule has 144 valence electrons. The topological polar surface area (TPSA) is 80.9 Å². The number of benzene rings is 2. The lowest BCUT2D eigenvalue weighted by Gasteiger charge is -2.11. The molecule has 6 nitrogen and oxygen atoms in total. The lowest BCUT2D eigenvalue weighted by molar-refractivity contribution is 0.102. The summed E-state index contributed by atoms with van der Waals surface area (Å²) in [6.07, 6.45) is 5.74. The molecule has 0 aliphatic heterocycles. The van der Waals surface area contributed by atoms with Gasteiger partial charge in [0, 0.05) is 28.5 Å². The minimum Gasteiger partial charge on any atom is -0.339 e. The van der Waals surface area contributed by atoms with E-state index in [0.29, 0.717) is 23.7 Å². The molecule has 2 heterocycles. The third kappa shape index (κ3) is 4.35. The van der Waals surface area contributed by atoms with Crippen LogP contribution in [0.5, 0.6) is 0 Å². The number of carbonyl (C=O) groups excluding carboxylic acids is 1. The molecule has 4 aromatic rings. The van der Waals surface area contributed by atoms with Crippen molar-refractivity contribution in [2.24, 2.45) is 0 Å². The smallest absolute Gasteiger partial charge is 0.256 e. The van der Waals surface area contributed by atoms with Gasteiger partial charge in [-0.25, -0.2) is 0 Å². The molecule has 0 fully saturated rings. The molecule has 4 rings (SSSR count). The monoisotopic (exact) mass is 402 g/mol. The molecule has 2 aromatic carbocycles. The molecule has 0 radical (unpaired) electrons. The second-order valence-electron chi connectivity index (χ2n) is 6.24. The third-order valence-electron chi connectivity index (χ3n) is 4.37. The van der Waals surface area contributed by atoms with Gasteiger partial charge < -0.3 is 9.84 Å². The maximum Gasteiger partial charge on any atom is 0.256 e. The van der Waals surface area contributed by atoms with E-state index in [4.69, 9.17) is 4.52 Å². The van der Waals surface area contributed by atoms with Crippen molar-refractivity contribution in [3.63, 3.8) is 0 Å². The fourth-order valence-electron chi connectivity index (χ4n) is 2.93. The van der Waals surface area contributed by atoms with Crippen LogP contribution in [0.25, 0.3) is 11.4 Å². The summed E-state index contributed by atoms with van der Waals surface area (Å²) in [7, 11) is 0. The summed E-state index contributed by atoms with van der Waals surface area (Å²) in [6, 6.07) is 18.8. The molecule has 0 unspecified atom stereocenters. The highest BCUT2D eigenvalue weighted by molar-refractivity contribution is 7.98. The number of hydrogen-bond donors (Lipinski definition) is 1. The summed E-state index contributed by atoms with van der Waals surface area (Å²) in [5, 5.41) is 7.05. The first-order valence-electron chi connectivity index (χ1n) is 9.00. The average Bonchev–Trinajstić information content (AvgIpc) is 3.24. The lowest BCUT2D eigenvalue weighted by atomic mass is 10.1. The Kier molecular flexibility index (Phi) is 5.67. The second kappa shape index (κ2) is 8.70. The Morgan fingerprint density at radius 2 is 1.79 bits per heavy atom. The summed E-state index contributed by atoms with van der Waals surface area (Å²) in [4.78, 5) is 22.2. The Morgan fingerprint density at radius 3 is 2.62 bits per heavy atom. The van der Waals surface area contributed by atoms with Gasteiger partial charge in [0.15, 0.2) is 0 Å². The summed E-state index contributed by atoms with van der Waals surface area (Å²) in [5.41, 5.74) is 3.10. The molecule has 0 spiro atoms. The molecule has 0 saturated carbocycles. The first kappa shape index (κ1) is 18.9. The van der Waals surface area contributed by atoms with Crippen molar-refractivity contribution >= 4 is 23.4 Å². The number of rotatable bonds is 6. The standard InChI is InChI=1S/C22H18N4O2S/c1-29-19-9-5-3-7-17(19)22(27)24-18-8-4-2-6-16(18)14-20-25-21(26-28-20)15-10-12-23-13-11-15/h2-13H,14H2,1H3,(H,24,27). The van der Waals surface area contributed by atoms with Gasteiger partial charge in [-0.05, 0) is 42.2 Å². The van der Waals surface area contributed by atoms with E-state index < -0.39 is 0 Å². The Balaban J connectivity index is 1.55. The van der Waals surface area contributed by atoms with Crippen LogP contribution in [-0.2, 0) is 6.42 Å². The first-order chi connectivity index (χ1) is 14.2. The Labute approximate surface area is 172 Å². The zero-order chi connectivity index (χ0) is 20.1. The number of hydrogen-bond acceptors (Lipinski definition) is 6. The van der Waals surface area contributed by atoms with Gasteiger partial charge >= 0.3 is 0 Å². The van der Waals surface area contributed by atoms with E-state index in [1.165, 1.54) is 0 Å². The normalized spacial score (nSPS) is 10.7. The summed E-state index contributed by atoms with van der Waals surface area (Å²) in [5.74, 6) is 0.839. The van der Waals surface area contributed by atoms with Crippen LogP contribution in [-0.4, -0.2) is 27.3 Å². The van der Waals surface area contributed by atoms with Crippen molar-refractivity contribution < 1.29 is 9.32 Å². The van der Waals surface area contributed by atoms with Gasteiger partial charge in [-0.15, -0.1) is 11.8 Å². The summed E-state index contributed by atoms with van der Waals surface area (Å²) in [6.45, 7) is 0. The van der Waals surface area contributed by atoms with Gasteiger partial charge in [-0.3, -0.25) is 9.78 Å². The molecule has 0 saturated heterocycles. The van der Waals surface area contributed by atoms with Gasteiger partial charge in [0.1, 0.15) is 0 Å². The Bertz CT molecular complexity index is 1130. The van der Waals surface area contributed by atoms with E-state index in [9.17, 15) is 4.79 Å². The number of para-hydroxylation sites is 1. The first-order valence-corrected chi connectivity index (χ1v) is 10.2. The van der Waals surface area contributed by atoms with Crippen molar-refractivity contribution in [2.45, 2.75) is 11.3 Å². The molecular formula is C22H18N4O2S. The van der Waals surface area contributed by atoms with E-state index in [0.717, 1.165) is 21.7 Å². The highest BCUT2D eigenvalue weighted by atomic mass is 32.2. The van der Waals surface area contributed by atoms with Crippen LogP contribution in [0.4, 0.5) is 5.69 Å². The van der Waals surface area contributed by atoms with Crippen LogP contribution in [0.15, 0.2) is 82.5 Å². The number of pyridine rings is 1. The number of aromatic nitrogens is 3. The van der Waals surface area contributed by atoms with E-state index in [-0.39, 0.29) is 5.91 Å². The number of amides is 1. The van der Waals surface area contributed by atoms with Crippen LogP contribution in [0, 0.1) is 0 Å². The van der Waals surface area contributed by atoms with Crippen LogP contribution in [0.2, 0.25) is 0 Å². The van der Waals surface area contributed by atoms with Crippen LogP contribution >= 0.6 is 11.8 Å². The lowest BCUT2D eigenvalue weighted by Crippen LogP contribution is -2.14. The summed E-state index contributed by atoms with van der Waals surface area (Å²) >= 11 is 1.54. The van der Waals surface area contributed by atoms with Crippen molar-refractivity contribution in [1.82, 2.24) is 15.1 Å². The molecule has 0 aliphatic rings. The van der Waals surface area contributed by atoms with Crippen molar-refractivity contribution in [2.75, 3.05) is 11.6 Å². The fraction of sp³-hybridized carbons (Fsp3) is 0.0909. The Morgan fingerprint density at radius 1 is 1.03 bits per heavy atom. The number of nitrogens with zero attached hydrogens (tertiary/aromatic N) is 3. The van der Waals surface area contributed by atoms with Gasteiger partial charge in [0.2, 0.25) is 11.7 Å². The molecule has 1 N–H and O–H groups in total. The molecule has 0 bridgehead atoms. The average molecular weight is 402 g/mol. The van der Waals surface area contributed by atoms with Crippen molar-refractivity contribution in [3.05, 3.63) is 90.1 Å². The maximum absolute atomic E-state index is 12.8. The maximum atomic E-state index is 12.8. The molecular weight excluding hydrogens is 384 g/mol. The number of carbonyl (C=O) groups is 1. The molecule has 7 heteroatoms. The summed E-state index contributed by atoms with van der Waals surface area (Å²) < 4.78 is 5.41. The van der Waals surface area contributed by atoms with Gasteiger partial charge in [0.05, 0.1) is 12.0 Å². The minimum absolute atomic E-state index is 0.148. The van der Waals surface area contributed by atoms with E-state index in [2.05, 4.69) is 20.4 Å². The van der Waals surface area contributed by atoms with Gasteiger partial charge in [0.25, 0.3) is 5.91 Å². The quantitative estimate of drug-likeness (QED) is 0.471. The predicted molar refractivity (Wildman–Crippen MR) is 113 cm³/mol. The van der Waals surface area contributed by atoms with Crippen LogP contribution in [0.3, 0.4) is 0 Å². The van der Waals surface area contributed by atoms with Crippen molar-refractivity contribution in [1.29, 1.82) is 0 Å².